The fourth-order valence-corrected chi connectivity index (χ4v) is 10.5. The maximum absolute atomic E-state index is 12.4. The van der Waals surface area contributed by atoms with Gasteiger partial charge in [-0.25, -0.2) is 0 Å². The van der Waals surface area contributed by atoms with Gasteiger partial charge in [-0.15, -0.1) is 0 Å². The standard InChI is InChI=1S/C66H129NO5/c1-3-5-7-9-11-13-14-15-16-34-37-40-44-48-52-56-60-66(71)72-61-57-53-49-45-41-38-35-32-30-28-26-24-22-20-18-17-19-21-23-25-27-29-31-33-36-39-43-47-51-55-59-65(70)67-63(62-68)64(69)58-54-50-46-42-12-10-8-6-4-2/h54,58,63-64,68-69H,3-53,55-57,59-62H2,1-2H3,(H,67,70)/b58-54+. The van der Waals surface area contributed by atoms with Crippen molar-refractivity contribution in [2.24, 2.45) is 0 Å². The molecule has 2 atom stereocenters. The van der Waals surface area contributed by atoms with Crippen LogP contribution in [0.1, 0.15) is 373 Å². The van der Waals surface area contributed by atoms with Crippen molar-refractivity contribution in [3.05, 3.63) is 12.2 Å². The molecule has 0 aliphatic rings. The Bertz CT molecular complexity index is 1080. The van der Waals surface area contributed by atoms with Crippen LogP contribution in [0.4, 0.5) is 0 Å². The lowest BCUT2D eigenvalue weighted by Crippen LogP contribution is -2.45. The number of nitrogens with one attached hydrogen (secondary N) is 1. The van der Waals surface area contributed by atoms with Crippen molar-refractivity contribution < 1.29 is 24.5 Å². The minimum absolute atomic E-state index is 0.0238. The van der Waals surface area contributed by atoms with Crippen LogP contribution in [0.25, 0.3) is 0 Å². The molecule has 3 N–H and O–H groups in total. The third-order valence-corrected chi connectivity index (χ3v) is 15.6. The highest BCUT2D eigenvalue weighted by Gasteiger charge is 2.18. The average molecular weight is 1020 g/mol. The minimum atomic E-state index is -0.838. The number of unbranched alkanes of at least 4 members (excludes halogenated alkanes) is 51. The molecule has 0 bridgehead atoms. The molecular formula is C66H129NO5. The Balaban J connectivity index is 3.29. The van der Waals surface area contributed by atoms with E-state index in [0.717, 1.165) is 38.5 Å². The Labute approximate surface area is 450 Å². The zero-order valence-corrected chi connectivity index (χ0v) is 48.9. The van der Waals surface area contributed by atoms with Crippen LogP contribution in [0.3, 0.4) is 0 Å². The van der Waals surface area contributed by atoms with E-state index in [1.54, 1.807) is 6.08 Å². The quantitative estimate of drug-likeness (QED) is 0.0320. The fourth-order valence-electron chi connectivity index (χ4n) is 10.5. The number of ether oxygens (including phenoxy) is 1. The normalized spacial score (nSPS) is 12.6. The first kappa shape index (κ1) is 70.6. The van der Waals surface area contributed by atoms with Crippen molar-refractivity contribution >= 4 is 11.9 Å². The molecule has 0 aliphatic carbocycles. The van der Waals surface area contributed by atoms with Gasteiger partial charge in [-0.3, -0.25) is 9.59 Å². The summed E-state index contributed by atoms with van der Waals surface area (Å²) in [4.78, 5) is 24.5. The van der Waals surface area contributed by atoms with Crippen LogP contribution in [0, 0.1) is 0 Å². The van der Waals surface area contributed by atoms with Gasteiger partial charge in [0.05, 0.1) is 25.4 Å². The summed E-state index contributed by atoms with van der Waals surface area (Å²) < 4.78 is 5.50. The van der Waals surface area contributed by atoms with Gasteiger partial charge in [0.1, 0.15) is 0 Å². The first-order valence-corrected chi connectivity index (χ1v) is 33.0. The van der Waals surface area contributed by atoms with E-state index < -0.39 is 12.1 Å². The van der Waals surface area contributed by atoms with Gasteiger partial charge in [0.15, 0.2) is 0 Å². The number of aliphatic hydroxyl groups excluding tert-OH is 2. The Morgan fingerprint density at radius 2 is 0.639 bits per heavy atom. The molecule has 0 aromatic heterocycles. The highest BCUT2D eigenvalue weighted by molar-refractivity contribution is 5.76. The number of esters is 1. The van der Waals surface area contributed by atoms with E-state index in [1.807, 2.05) is 6.08 Å². The molecule has 72 heavy (non-hydrogen) atoms. The summed E-state index contributed by atoms with van der Waals surface area (Å²) in [5.41, 5.74) is 0. The maximum atomic E-state index is 12.4. The second-order valence-electron chi connectivity index (χ2n) is 22.8. The molecular weight excluding hydrogens is 887 g/mol. The number of hydrogen-bond acceptors (Lipinski definition) is 5. The van der Waals surface area contributed by atoms with Crippen molar-refractivity contribution in [1.82, 2.24) is 5.32 Å². The molecule has 0 radical (unpaired) electrons. The summed E-state index contributed by atoms with van der Waals surface area (Å²) in [5, 5.41) is 23.0. The lowest BCUT2D eigenvalue weighted by atomic mass is 10.0. The highest BCUT2D eigenvalue weighted by atomic mass is 16.5. The summed E-state index contributed by atoms with van der Waals surface area (Å²) in [6.45, 7) is 4.91. The number of carbonyl (C=O) groups excluding carboxylic acids is 2. The predicted octanol–water partition coefficient (Wildman–Crippen LogP) is 20.8. The molecule has 0 fully saturated rings. The molecule has 428 valence electrons. The van der Waals surface area contributed by atoms with Gasteiger partial charge in [-0.1, -0.05) is 341 Å². The number of carbonyl (C=O) groups is 2. The number of rotatable bonds is 62. The third-order valence-electron chi connectivity index (χ3n) is 15.6. The zero-order chi connectivity index (χ0) is 52.2. The van der Waals surface area contributed by atoms with Gasteiger partial charge in [0.25, 0.3) is 0 Å². The second-order valence-corrected chi connectivity index (χ2v) is 22.8. The summed E-state index contributed by atoms with van der Waals surface area (Å²) in [7, 11) is 0. The van der Waals surface area contributed by atoms with Crippen LogP contribution in [0.5, 0.6) is 0 Å². The zero-order valence-electron chi connectivity index (χ0n) is 48.9. The third kappa shape index (κ3) is 57.9. The van der Waals surface area contributed by atoms with Gasteiger partial charge < -0.3 is 20.3 Å². The number of allylic oxidation sites excluding steroid dienone is 1. The molecule has 0 saturated carbocycles. The van der Waals surface area contributed by atoms with Crippen LogP contribution < -0.4 is 5.32 Å². The van der Waals surface area contributed by atoms with E-state index in [0.29, 0.717) is 19.4 Å². The second kappa shape index (κ2) is 62.1. The van der Waals surface area contributed by atoms with E-state index in [1.165, 1.54) is 308 Å². The number of aliphatic hydroxyl groups is 2. The van der Waals surface area contributed by atoms with Crippen LogP contribution in [-0.4, -0.2) is 47.4 Å². The van der Waals surface area contributed by atoms with E-state index in [9.17, 15) is 19.8 Å². The maximum Gasteiger partial charge on any atom is 0.305 e. The molecule has 0 spiro atoms. The Morgan fingerprint density at radius 1 is 0.375 bits per heavy atom. The molecule has 0 aromatic carbocycles. The van der Waals surface area contributed by atoms with Gasteiger partial charge in [-0.05, 0) is 32.1 Å². The molecule has 6 heteroatoms. The first-order valence-electron chi connectivity index (χ1n) is 33.0. The van der Waals surface area contributed by atoms with E-state index in [4.69, 9.17) is 4.74 Å². The number of hydrogen-bond donors (Lipinski definition) is 3. The Kier molecular flexibility index (Phi) is 60.9. The summed E-state index contributed by atoms with van der Waals surface area (Å²) in [6, 6.07) is -0.622. The first-order chi connectivity index (χ1) is 35.5. The van der Waals surface area contributed by atoms with E-state index >= 15 is 0 Å². The lowest BCUT2D eigenvalue weighted by Gasteiger charge is -2.20. The van der Waals surface area contributed by atoms with Crippen LogP contribution in [0.15, 0.2) is 12.2 Å². The van der Waals surface area contributed by atoms with Crippen molar-refractivity contribution in [2.45, 2.75) is 386 Å². The SMILES string of the molecule is CCCCCCCCC/C=C/C(O)C(CO)NC(=O)CCCCCCCCCCCCCCCCCCCCCCCCCCCCCCCCOC(=O)CCCCCCCCCCCCCCCCCC. The number of amides is 1. The lowest BCUT2D eigenvalue weighted by molar-refractivity contribution is -0.143. The average Bonchev–Trinajstić information content (AvgIpc) is 3.38. The summed E-state index contributed by atoms with van der Waals surface area (Å²) in [6.07, 6.45) is 75.8. The molecule has 1 amide bonds. The molecule has 6 nitrogen and oxygen atoms in total. The van der Waals surface area contributed by atoms with Crippen LogP contribution in [-0.2, 0) is 14.3 Å². The van der Waals surface area contributed by atoms with Crippen LogP contribution >= 0.6 is 0 Å². The van der Waals surface area contributed by atoms with Crippen LogP contribution in [0.2, 0.25) is 0 Å². The van der Waals surface area contributed by atoms with E-state index in [2.05, 4.69) is 19.2 Å². The van der Waals surface area contributed by atoms with Gasteiger partial charge in [-0.2, -0.15) is 0 Å². The van der Waals surface area contributed by atoms with Crippen molar-refractivity contribution in [3.8, 4) is 0 Å². The van der Waals surface area contributed by atoms with Gasteiger partial charge >= 0.3 is 5.97 Å². The molecule has 0 saturated heterocycles. The molecule has 0 aromatic rings. The topological polar surface area (TPSA) is 95.9 Å². The van der Waals surface area contributed by atoms with Gasteiger partial charge in [0, 0.05) is 12.8 Å². The van der Waals surface area contributed by atoms with Crippen molar-refractivity contribution in [3.63, 3.8) is 0 Å². The molecule has 2 unspecified atom stereocenters. The van der Waals surface area contributed by atoms with Gasteiger partial charge in [0.2, 0.25) is 5.91 Å². The van der Waals surface area contributed by atoms with E-state index in [-0.39, 0.29) is 18.5 Å². The highest BCUT2D eigenvalue weighted by Crippen LogP contribution is 2.19. The summed E-state index contributed by atoms with van der Waals surface area (Å²) in [5.74, 6) is -0.0413. The van der Waals surface area contributed by atoms with Crippen molar-refractivity contribution in [2.75, 3.05) is 13.2 Å². The Morgan fingerprint density at radius 3 is 0.944 bits per heavy atom. The molecule has 0 aliphatic heterocycles. The summed E-state index contributed by atoms with van der Waals surface area (Å²) >= 11 is 0. The minimum Gasteiger partial charge on any atom is -0.466 e. The molecule has 0 heterocycles. The predicted molar refractivity (Wildman–Crippen MR) is 315 cm³/mol. The fraction of sp³-hybridized carbons (Fsp3) is 0.939. The Hall–Kier alpha value is -1.40. The monoisotopic (exact) mass is 1020 g/mol. The smallest absolute Gasteiger partial charge is 0.305 e. The molecule has 0 rings (SSSR count). The van der Waals surface area contributed by atoms with Crippen molar-refractivity contribution in [1.29, 1.82) is 0 Å². The largest absolute Gasteiger partial charge is 0.466 e.